The molecule has 34 heavy (non-hydrogen) atoms. The van der Waals surface area contributed by atoms with Crippen LogP contribution in [0.5, 0.6) is 0 Å². The summed E-state index contributed by atoms with van der Waals surface area (Å²) in [4.78, 5) is 18.7. The third-order valence-corrected chi connectivity index (χ3v) is 7.09. The molecule has 0 radical (unpaired) electrons. The van der Waals surface area contributed by atoms with E-state index in [1.165, 1.54) is 22.2 Å². The third-order valence-electron chi connectivity index (χ3n) is 5.81. The van der Waals surface area contributed by atoms with Crippen LogP contribution in [0.15, 0.2) is 18.5 Å². The zero-order valence-electron chi connectivity index (χ0n) is 18.2. The van der Waals surface area contributed by atoms with Crippen molar-refractivity contribution >= 4 is 23.3 Å². The molecule has 1 aliphatic heterocycles. The Labute approximate surface area is 196 Å². The largest absolute Gasteiger partial charge is 0.414 e. The van der Waals surface area contributed by atoms with Crippen molar-refractivity contribution in [3.05, 3.63) is 33.9 Å². The first-order chi connectivity index (χ1) is 16.0. The summed E-state index contributed by atoms with van der Waals surface area (Å²) in [6.45, 7) is 0.434. The molecule has 3 heterocycles. The van der Waals surface area contributed by atoms with Crippen LogP contribution < -0.4 is 11.1 Å². The highest BCUT2D eigenvalue weighted by Crippen LogP contribution is 2.37. The van der Waals surface area contributed by atoms with Gasteiger partial charge in [0, 0.05) is 34.7 Å². The van der Waals surface area contributed by atoms with Gasteiger partial charge in [-0.25, -0.2) is 18.5 Å². The summed E-state index contributed by atoms with van der Waals surface area (Å²) >= 11 is 1.20. The molecule has 2 aromatic rings. The quantitative estimate of drug-likeness (QED) is 0.576. The van der Waals surface area contributed by atoms with Crippen molar-refractivity contribution in [3.8, 4) is 11.1 Å². The molecule has 4 rings (SSSR count). The normalized spacial score (nSPS) is 22.0. The van der Waals surface area contributed by atoms with E-state index in [4.69, 9.17) is 10.6 Å². The van der Waals surface area contributed by atoms with E-state index in [0.29, 0.717) is 36.1 Å². The fourth-order valence-corrected chi connectivity index (χ4v) is 5.15. The molecule has 1 fully saturated rings. The van der Waals surface area contributed by atoms with Crippen LogP contribution in [0, 0.1) is 0 Å². The SMILES string of the molecule is CCc1sc(C(=O)N[C@@H]2[C@H](N)CCCC2(F)F)cc1-c1cnn2c1C=CN(OCC(F)(F)F)C2. The number of nitrogens with one attached hydrogen (secondary N) is 1. The summed E-state index contributed by atoms with van der Waals surface area (Å²) in [6.07, 6.45) is 1.03. The van der Waals surface area contributed by atoms with E-state index >= 15 is 0 Å². The molecule has 2 atom stereocenters. The van der Waals surface area contributed by atoms with E-state index in [-0.39, 0.29) is 18.0 Å². The Morgan fingerprint density at radius 1 is 1.38 bits per heavy atom. The van der Waals surface area contributed by atoms with Crippen molar-refractivity contribution in [1.82, 2.24) is 20.2 Å². The standard InChI is InChI=1S/C21H24F5N5O2S/c1-2-16-12(8-17(34-16)19(32)29-18-14(27)4-3-6-20(18,22)23)13-9-28-31-11-30(7-5-15(13)31)33-10-21(24,25)26/h5,7-9,14,18H,2-4,6,10-11,27H2,1H3,(H,29,32)/t14-,18-/m1/s1. The van der Waals surface area contributed by atoms with Gasteiger partial charge in [0.1, 0.15) is 12.7 Å². The topological polar surface area (TPSA) is 85.4 Å². The summed E-state index contributed by atoms with van der Waals surface area (Å²) in [5.74, 6) is -3.69. The highest BCUT2D eigenvalue weighted by atomic mass is 32.1. The van der Waals surface area contributed by atoms with Gasteiger partial charge in [0.2, 0.25) is 0 Å². The summed E-state index contributed by atoms with van der Waals surface area (Å²) in [7, 11) is 0. The number of thiophene rings is 1. The number of halogens is 5. The second-order valence-electron chi connectivity index (χ2n) is 8.28. The van der Waals surface area contributed by atoms with Crippen molar-refractivity contribution in [2.75, 3.05) is 6.61 Å². The molecule has 1 saturated carbocycles. The number of rotatable bonds is 6. The minimum Gasteiger partial charge on any atom is -0.341 e. The number of carbonyl (C=O) groups is 1. The maximum atomic E-state index is 14.3. The van der Waals surface area contributed by atoms with E-state index in [1.807, 2.05) is 6.92 Å². The molecule has 0 aromatic carbocycles. The first-order valence-electron chi connectivity index (χ1n) is 10.8. The number of alkyl halides is 5. The van der Waals surface area contributed by atoms with E-state index in [1.54, 1.807) is 18.3 Å². The molecule has 0 spiro atoms. The number of nitrogens with two attached hydrogens (primary N) is 1. The number of amides is 1. The van der Waals surface area contributed by atoms with Gasteiger partial charge in [-0.05, 0) is 31.4 Å². The molecular formula is C21H24F5N5O2S. The molecule has 0 saturated heterocycles. The van der Waals surface area contributed by atoms with Crippen LogP contribution in [0.4, 0.5) is 22.0 Å². The Morgan fingerprint density at radius 3 is 2.82 bits per heavy atom. The zero-order valence-corrected chi connectivity index (χ0v) is 19.1. The molecule has 7 nitrogen and oxygen atoms in total. The highest BCUT2D eigenvalue weighted by molar-refractivity contribution is 7.14. The number of aromatic nitrogens is 2. The summed E-state index contributed by atoms with van der Waals surface area (Å²) in [5, 5.41) is 7.68. The van der Waals surface area contributed by atoms with E-state index in [9.17, 15) is 26.7 Å². The summed E-state index contributed by atoms with van der Waals surface area (Å²) in [6, 6.07) is -0.629. The Kier molecular flexibility index (Phi) is 6.71. The van der Waals surface area contributed by atoms with Gasteiger partial charge in [-0.15, -0.1) is 11.3 Å². The summed E-state index contributed by atoms with van der Waals surface area (Å²) in [5.41, 5.74) is 7.89. The van der Waals surface area contributed by atoms with Crippen LogP contribution in [-0.2, 0) is 17.9 Å². The molecule has 0 bridgehead atoms. The average Bonchev–Trinajstić information content (AvgIpc) is 3.37. The number of fused-ring (bicyclic) bond motifs is 1. The Bertz CT molecular complexity index is 1080. The molecule has 2 aromatic heterocycles. The summed E-state index contributed by atoms with van der Waals surface area (Å²) < 4.78 is 67.4. The average molecular weight is 506 g/mol. The molecule has 3 N–H and O–H groups in total. The molecule has 1 aliphatic carbocycles. The number of hydrogen-bond donors (Lipinski definition) is 2. The van der Waals surface area contributed by atoms with Crippen molar-refractivity contribution < 1.29 is 31.6 Å². The Morgan fingerprint density at radius 2 is 2.15 bits per heavy atom. The van der Waals surface area contributed by atoms with Crippen molar-refractivity contribution in [2.24, 2.45) is 5.73 Å². The van der Waals surface area contributed by atoms with Crippen LogP contribution in [-0.4, -0.2) is 51.5 Å². The Hall–Kier alpha value is -2.51. The van der Waals surface area contributed by atoms with Crippen LogP contribution >= 0.6 is 11.3 Å². The van der Waals surface area contributed by atoms with Crippen LogP contribution in [0.25, 0.3) is 17.2 Å². The second kappa shape index (κ2) is 9.27. The molecule has 0 unspecified atom stereocenters. The van der Waals surface area contributed by atoms with Gasteiger partial charge in [-0.3, -0.25) is 9.63 Å². The van der Waals surface area contributed by atoms with Crippen LogP contribution in [0.1, 0.15) is 46.4 Å². The van der Waals surface area contributed by atoms with Gasteiger partial charge in [-0.1, -0.05) is 6.92 Å². The van der Waals surface area contributed by atoms with E-state index in [0.717, 1.165) is 9.94 Å². The molecule has 1 amide bonds. The van der Waals surface area contributed by atoms with Gasteiger partial charge >= 0.3 is 6.18 Å². The zero-order chi connectivity index (χ0) is 24.7. The van der Waals surface area contributed by atoms with Gasteiger partial charge in [0.05, 0.1) is 16.8 Å². The van der Waals surface area contributed by atoms with Gasteiger partial charge < -0.3 is 11.1 Å². The molecule has 186 valence electrons. The lowest BCUT2D eigenvalue weighted by Gasteiger charge is -2.36. The maximum absolute atomic E-state index is 14.3. The fraction of sp³-hybridized carbons (Fsp3) is 0.524. The lowest BCUT2D eigenvalue weighted by atomic mass is 9.87. The lowest BCUT2D eigenvalue weighted by Crippen LogP contribution is -2.59. The number of carbonyl (C=O) groups excluding carboxylic acids is 1. The predicted molar refractivity (Wildman–Crippen MR) is 116 cm³/mol. The number of hydroxylamine groups is 2. The third kappa shape index (κ3) is 5.10. The minimum absolute atomic E-state index is 0.0461. The first-order valence-corrected chi connectivity index (χ1v) is 11.6. The van der Waals surface area contributed by atoms with E-state index < -0.39 is 36.7 Å². The number of aryl methyl sites for hydroxylation is 1. The van der Waals surface area contributed by atoms with E-state index in [2.05, 4.69) is 10.4 Å². The second-order valence-corrected chi connectivity index (χ2v) is 9.41. The van der Waals surface area contributed by atoms with Gasteiger partial charge in [-0.2, -0.15) is 18.3 Å². The van der Waals surface area contributed by atoms with Crippen molar-refractivity contribution in [1.29, 1.82) is 0 Å². The van der Waals surface area contributed by atoms with Crippen molar-refractivity contribution in [3.63, 3.8) is 0 Å². The van der Waals surface area contributed by atoms with Gasteiger partial charge in [0.15, 0.2) is 6.61 Å². The molecular weight excluding hydrogens is 481 g/mol. The highest BCUT2D eigenvalue weighted by Gasteiger charge is 2.46. The predicted octanol–water partition coefficient (Wildman–Crippen LogP) is 4.16. The molecule has 2 aliphatic rings. The van der Waals surface area contributed by atoms with Crippen LogP contribution in [0.2, 0.25) is 0 Å². The monoisotopic (exact) mass is 505 g/mol. The minimum atomic E-state index is -4.46. The number of hydrogen-bond acceptors (Lipinski definition) is 6. The fourth-order valence-electron chi connectivity index (χ4n) is 4.13. The number of nitrogens with zero attached hydrogens (tertiary/aromatic N) is 3. The van der Waals surface area contributed by atoms with Gasteiger partial charge in [0.25, 0.3) is 11.8 Å². The Balaban J connectivity index is 1.54. The smallest absolute Gasteiger partial charge is 0.341 e. The van der Waals surface area contributed by atoms with Crippen LogP contribution in [0.3, 0.4) is 0 Å². The lowest BCUT2D eigenvalue weighted by molar-refractivity contribution is -0.245. The van der Waals surface area contributed by atoms with Crippen molar-refractivity contribution in [2.45, 2.75) is 63.5 Å². The molecule has 13 heteroatoms. The first kappa shape index (κ1) is 24.6. The maximum Gasteiger partial charge on any atom is 0.414 e.